The van der Waals surface area contributed by atoms with Crippen LogP contribution in [0.5, 0.6) is 23.0 Å². The monoisotopic (exact) mass is 365 g/mol. The number of carbonyl (C=O) groups is 1. The summed E-state index contributed by atoms with van der Waals surface area (Å²) in [6, 6.07) is 12.2. The summed E-state index contributed by atoms with van der Waals surface area (Å²) in [5, 5.41) is 3.24. The van der Waals surface area contributed by atoms with E-state index in [0.29, 0.717) is 41.2 Å². The Balaban J connectivity index is 1.73. The second-order valence-electron chi connectivity index (χ2n) is 4.97. The number of para-hydroxylation sites is 1. The smallest absolute Gasteiger partial charge is 0.258 e. The van der Waals surface area contributed by atoms with Gasteiger partial charge >= 0.3 is 0 Å². The van der Waals surface area contributed by atoms with E-state index in [9.17, 15) is 4.79 Å². The highest BCUT2D eigenvalue weighted by Crippen LogP contribution is 2.27. The van der Waals surface area contributed by atoms with Crippen molar-refractivity contribution in [2.45, 2.75) is 0 Å². The summed E-state index contributed by atoms with van der Waals surface area (Å²) in [7, 11) is 3.09. The van der Waals surface area contributed by atoms with Crippen molar-refractivity contribution < 1.29 is 23.7 Å². The van der Waals surface area contributed by atoms with Crippen molar-refractivity contribution in [1.29, 1.82) is 0 Å². The summed E-state index contributed by atoms with van der Waals surface area (Å²) in [5.74, 6) is 1.98. The Bertz CT molecular complexity index is 685. The van der Waals surface area contributed by atoms with E-state index in [4.69, 9.17) is 30.5 Å². The van der Waals surface area contributed by atoms with E-state index >= 15 is 0 Å². The normalized spacial score (nSPS) is 10.0. The Labute approximate surface area is 151 Å². The van der Waals surface area contributed by atoms with Crippen LogP contribution >= 0.6 is 11.6 Å². The van der Waals surface area contributed by atoms with E-state index in [1.54, 1.807) is 44.6 Å². The molecule has 0 aromatic heterocycles. The molecule has 1 N–H and O–H groups in total. The van der Waals surface area contributed by atoms with Crippen molar-refractivity contribution in [3.63, 3.8) is 0 Å². The number of benzene rings is 2. The molecule has 0 saturated heterocycles. The van der Waals surface area contributed by atoms with Gasteiger partial charge in [0.1, 0.15) is 29.6 Å². The predicted octanol–water partition coefficient (Wildman–Crippen LogP) is 2.93. The van der Waals surface area contributed by atoms with Crippen molar-refractivity contribution in [1.82, 2.24) is 5.32 Å². The van der Waals surface area contributed by atoms with E-state index in [2.05, 4.69) is 5.32 Å². The summed E-state index contributed by atoms with van der Waals surface area (Å²) < 4.78 is 21.2. The van der Waals surface area contributed by atoms with Gasteiger partial charge in [-0.1, -0.05) is 23.7 Å². The lowest BCUT2D eigenvalue weighted by molar-refractivity contribution is -0.123. The Morgan fingerprint density at radius 3 is 2.28 bits per heavy atom. The minimum absolute atomic E-state index is 0.123. The zero-order valence-corrected chi connectivity index (χ0v) is 14.8. The Hall–Kier alpha value is -2.60. The average molecular weight is 366 g/mol. The van der Waals surface area contributed by atoms with Gasteiger partial charge in [0.15, 0.2) is 6.61 Å². The highest BCUT2D eigenvalue weighted by Gasteiger charge is 2.06. The second-order valence-corrected chi connectivity index (χ2v) is 5.37. The number of ether oxygens (including phenoxy) is 4. The van der Waals surface area contributed by atoms with Gasteiger partial charge in [0.25, 0.3) is 5.91 Å². The molecule has 2 aromatic rings. The molecule has 0 aliphatic carbocycles. The van der Waals surface area contributed by atoms with Crippen LogP contribution in [0.2, 0.25) is 5.02 Å². The number of rotatable bonds is 9. The van der Waals surface area contributed by atoms with Crippen molar-refractivity contribution >= 4 is 17.5 Å². The minimum atomic E-state index is -0.260. The third-order valence-corrected chi connectivity index (χ3v) is 3.53. The Morgan fingerprint density at radius 2 is 1.64 bits per heavy atom. The molecule has 0 radical (unpaired) electrons. The number of halogens is 1. The number of amides is 1. The summed E-state index contributed by atoms with van der Waals surface area (Å²) in [4.78, 5) is 11.8. The Kier molecular flexibility index (Phi) is 7.22. The SMILES string of the molecule is COc1cc(OC)cc(OCC(=O)NCCOc2ccccc2Cl)c1. The summed E-state index contributed by atoms with van der Waals surface area (Å²) >= 11 is 5.98. The van der Waals surface area contributed by atoms with Gasteiger partial charge in [0, 0.05) is 18.2 Å². The zero-order valence-electron chi connectivity index (χ0n) is 14.1. The number of hydrogen-bond acceptors (Lipinski definition) is 5. The Morgan fingerprint density at radius 1 is 1.00 bits per heavy atom. The molecule has 1 amide bonds. The highest BCUT2D eigenvalue weighted by molar-refractivity contribution is 6.32. The molecule has 0 spiro atoms. The van der Waals surface area contributed by atoms with E-state index in [-0.39, 0.29) is 12.5 Å². The maximum atomic E-state index is 11.8. The molecule has 0 saturated carbocycles. The average Bonchev–Trinajstić information content (AvgIpc) is 2.64. The second kappa shape index (κ2) is 9.64. The summed E-state index contributed by atoms with van der Waals surface area (Å²) in [6.07, 6.45) is 0. The van der Waals surface area contributed by atoms with Gasteiger partial charge < -0.3 is 24.3 Å². The lowest BCUT2D eigenvalue weighted by Crippen LogP contribution is -2.32. The van der Waals surface area contributed by atoms with E-state index in [0.717, 1.165) is 0 Å². The molecule has 0 unspecified atom stereocenters. The molecule has 2 aromatic carbocycles. The zero-order chi connectivity index (χ0) is 18.1. The standard InChI is InChI=1S/C18H20ClNO5/c1-22-13-9-14(23-2)11-15(10-13)25-12-18(21)20-7-8-24-17-6-4-3-5-16(17)19/h3-6,9-11H,7-8,12H2,1-2H3,(H,20,21). The van der Waals surface area contributed by atoms with Crippen molar-refractivity contribution in [2.24, 2.45) is 0 Å². The topological polar surface area (TPSA) is 66.0 Å². The molecule has 0 atom stereocenters. The molecular formula is C18H20ClNO5. The highest BCUT2D eigenvalue weighted by atomic mass is 35.5. The third-order valence-electron chi connectivity index (χ3n) is 3.21. The van der Waals surface area contributed by atoms with Crippen LogP contribution in [-0.4, -0.2) is 39.9 Å². The first-order chi connectivity index (χ1) is 12.1. The number of hydrogen-bond donors (Lipinski definition) is 1. The van der Waals surface area contributed by atoms with E-state index in [1.807, 2.05) is 12.1 Å². The number of carbonyl (C=O) groups excluding carboxylic acids is 1. The molecule has 7 heteroatoms. The quantitative estimate of drug-likeness (QED) is 0.692. The molecule has 0 aliphatic rings. The lowest BCUT2D eigenvalue weighted by atomic mass is 10.3. The first-order valence-corrected chi connectivity index (χ1v) is 8.00. The fourth-order valence-corrected chi connectivity index (χ4v) is 2.17. The van der Waals surface area contributed by atoms with Crippen LogP contribution in [0.3, 0.4) is 0 Å². The van der Waals surface area contributed by atoms with Gasteiger partial charge in [0.05, 0.1) is 25.8 Å². The van der Waals surface area contributed by atoms with Crippen molar-refractivity contribution in [3.05, 3.63) is 47.5 Å². The molecule has 0 fully saturated rings. The predicted molar refractivity (Wildman–Crippen MR) is 95.0 cm³/mol. The van der Waals surface area contributed by atoms with Crippen LogP contribution in [0.25, 0.3) is 0 Å². The van der Waals surface area contributed by atoms with Crippen LogP contribution in [0.1, 0.15) is 0 Å². The molecule has 0 heterocycles. The van der Waals surface area contributed by atoms with Gasteiger partial charge in [-0.05, 0) is 12.1 Å². The lowest BCUT2D eigenvalue weighted by Gasteiger charge is -2.11. The van der Waals surface area contributed by atoms with Crippen LogP contribution in [-0.2, 0) is 4.79 Å². The van der Waals surface area contributed by atoms with Gasteiger partial charge in [-0.3, -0.25) is 4.79 Å². The van der Waals surface area contributed by atoms with Gasteiger partial charge in [0.2, 0.25) is 0 Å². The summed E-state index contributed by atoms with van der Waals surface area (Å²) in [6.45, 7) is 0.527. The van der Waals surface area contributed by atoms with Crippen LogP contribution in [0.15, 0.2) is 42.5 Å². The minimum Gasteiger partial charge on any atom is -0.496 e. The van der Waals surface area contributed by atoms with Crippen LogP contribution in [0.4, 0.5) is 0 Å². The first kappa shape index (κ1) is 18.7. The number of nitrogens with one attached hydrogen (secondary N) is 1. The maximum Gasteiger partial charge on any atom is 0.258 e. The third kappa shape index (κ3) is 6.08. The molecule has 6 nitrogen and oxygen atoms in total. The molecule has 134 valence electrons. The maximum absolute atomic E-state index is 11.8. The van der Waals surface area contributed by atoms with Crippen molar-refractivity contribution in [3.8, 4) is 23.0 Å². The van der Waals surface area contributed by atoms with Gasteiger partial charge in [-0.25, -0.2) is 0 Å². The molecule has 2 rings (SSSR count). The van der Waals surface area contributed by atoms with E-state index in [1.165, 1.54) is 0 Å². The van der Waals surface area contributed by atoms with Gasteiger partial charge in [-0.2, -0.15) is 0 Å². The van der Waals surface area contributed by atoms with Crippen molar-refractivity contribution in [2.75, 3.05) is 34.0 Å². The molecule has 25 heavy (non-hydrogen) atoms. The molecule has 0 aliphatic heterocycles. The first-order valence-electron chi connectivity index (χ1n) is 7.62. The largest absolute Gasteiger partial charge is 0.496 e. The van der Waals surface area contributed by atoms with E-state index < -0.39 is 0 Å². The fourth-order valence-electron chi connectivity index (χ4n) is 1.98. The number of methoxy groups -OCH3 is 2. The van der Waals surface area contributed by atoms with Crippen LogP contribution < -0.4 is 24.3 Å². The fraction of sp³-hybridized carbons (Fsp3) is 0.278. The molecular weight excluding hydrogens is 346 g/mol. The molecule has 0 bridgehead atoms. The summed E-state index contributed by atoms with van der Waals surface area (Å²) in [5.41, 5.74) is 0. The van der Waals surface area contributed by atoms with Crippen LogP contribution in [0, 0.1) is 0 Å². The van der Waals surface area contributed by atoms with Gasteiger partial charge in [-0.15, -0.1) is 0 Å².